The summed E-state index contributed by atoms with van der Waals surface area (Å²) in [4.78, 5) is 22.1. The molecule has 0 rings (SSSR count). The van der Waals surface area contributed by atoms with Crippen LogP contribution in [0.25, 0.3) is 0 Å². The van der Waals surface area contributed by atoms with Gasteiger partial charge in [-0.25, -0.2) is 9.59 Å². The molecular formula is C10H20N2O4S. The second-order valence-electron chi connectivity index (χ2n) is 3.51. The van der Waals surface area contributed by atoms with Gasteiger partial charge in [0, 0.05) is 28.9 Å². The second-order valence-corrected chi connectivity index (χ2v) is 5.38. The summed E-state index contributed by atoms with van der Waals surface area (Å²) in [6.45, 7) is 3.93. The Balaban J connectivity index is 3.90. The molecule has 6 nitrogen and oxygen atoms in total. The van der Waals surface area contributed by atoms with Gasteiger partial charge >= 0.3 is 12.0 Å². The van der Waals surface area contributed by atoms with E-state index in [4.69, 9.17) is 5.11 Å². The van der Waals surface area contributed by atoms with Crippen LogP contribution < -0.4 is 10.6 Å². The maximum atomic E-state index is 11.3. The van der Waals surface area contributed by atoms with Crippen LogP contribution in [0.15, 0.2) is 0 Å². The molecule has 0 aromatic carbocycles. The number of aliphatic carboxylic acids is 1. The minimum atomic E-state index is -1.04. The molecule has 2 amide bonds. The maximum Gasteiger partial charge on any atom is 0.326 e. The fourth-order valence-corrected chi connectivity index (χ4v) is 1.80. The van der Waals surface area contributed by atoms with Crippen LogP contribution in [0.5, 0.6) is 0 Å². The van der Waals surface area contributed by atoms with Gasteiger partial charge in [-0.3, -0.25) is 4.21 Å². The molecule has 0 fully saturated rings. The van der Waals surface area contributed by atoms with Crippen molar-refractivity contribution in [1.29, 1.82) is 0 Å². The Morgan fingerprint density at radius 2 is 2.00 bits per heavy atom. The topological polar surface area (TPSA) is 95.5 Å². The highest BCUT2D eigenvalue weighted by molar-refractivity contribution is 7.84. The van der Waals surface area contributed by atoms with E-state index in [-0.39, 0.29) is 6.54 Å². The molecule has 17 heavy (non-hydrogen) atoms. The summed E-state index contributed by atoms with van der Waals surface area (Å²) in [5.41, 5.74) is 0. The molecule has 0 heterocycles. The monoisotopic (exact) mass is 264 g/mol. The van der Waals surface area contributed by atoms with Crippen LogP contribution in [0.1, 0.15) is 26.7 Å². The zero-order valence-corrected chi connectivity index (χ0v) is 11.0. The lowest BCUT2D eigenvalue weighted by atomic mass is 10.2. The second kappa shape index (κ2) is 8.98. The number of rotatable bonds is 8. The zero-order chi connectivity index (χ0) is 13.3. The van der Waals surface area contributed by atoms with Gasteiger partial charge in [0.1, 0.15) is 6.04 Å². The van der Waals surface area contributed by atoms with Gasteiger partial charge in [0.15, 0.2) is 0 Å². The van der Waals surface area contributed by atoms with E-state index in [0.717, 1.165) is 0 Å². The number of nitrogens with one attached hydrogen (secondary N) is 2. The van der Waals surface area contributed by atoms with Gasteiger partial charge in [-0.15, -0.1) is 0 Å². The van der Waals surface area contributed by atoms with Crippen molar-refractivity contribution >= 4 is 22.8 Å². The average Bonchev–Trinajstić information content (AvgIpc) is 2.28. The Kier molecular flexibility index (Phi) is 8.39. The van der Waals surface area contributed by atoms with E-state index >= 15 is 0 Å². The van der Waals surface area contributed by atoms with E-state index in [1.165, 1.54) is 0 Å². The Bertz CT molecular complexity index is 283. The lowest BCUT2D eigenvalue weighted by molar-refractivity contribution is -0.139. The van der Waals surface area contributed by atoms with Crippen LogP contribution in [0.3, 0.4) is 0 Å². The van der Waals surface area contributed by atoms with Crippen molar-refractivity contribution < 1.29 is 18.9 Å². The van der Waals surface area contributed by atoms with E-state index in [1.807, 2.05) is 6.92 Å². The van der Waals surface area contributed by atoms with Crippen LogP contribution in [0, 0.1) is 0 Å². The zero-order valence-electron chi connectivity index (χ0n) is 10.2. The summed E-state index contributed by atoms with van der Waals surface area (Å²) < 4.78 is 11.1. The highest BCUT2D eigenvalue weighted by atomic mass is 32.2. The van der Waals surface area contributed by atoms with Crippen LogP contribution in [0.4, 0.5) is 4.79 Å². The van der Waals surface area contributed by atoms with Gasteiger partial charge in [0.05, 0.1) is 0 Å². The van der Waals surface area contributed by atoms with Crippen LogP contribution in [-0.2, 0) is 15.6 Å². The molecule has 7 heteroatoms. The number of carbonyl (C=O) groups is 2. The van der Waals surface area contributed by atoms with Gasteiger partial charge in [0.2, 0.25) is 0 Å². The fourth-order valence-electron chi connectivity index (χ4n) is 1.18. The number of carboxylic acids is 1. The first-order valence-electron chi connectivity index (χ1n) is 5.63. The minimum absolute atomic E-state index is 0.282. The standard InChI is InChI=1S/C10H20N2O4S/c1-3-5-8(9(13)14)12-10(15)11-6-7-17(16)4-2/h8H,3-7H2,1-2H3,(H,13,14)(H2,11,12,15)/t8-,17?/m1/s1. The van der Waals surface area contributed by atoms with Gasteiger partial charge in [0.25, 0.3) is 0 Å². The molecule has 3 N–H and O–H groups in total. The molecule has 100 valence electrons. The van der Waals surface area contributed by atoms with Crippen molar-refractivity contribution in [3.63, 3.8) is 0 Å². The predicted octanol–water partition coefficient (Wildman–Crippen LogP) is 0.308. The van der Waals surface area contributed by atoms with Crippen molar-refractivity contribution in [3.8, 4) is 0 Å². The van der Waals surface area contributed by atoms with Gasteiger partial charge in [-0.1, -0.05) is 20.3 Å². The summed E-state index contributed by atoms with van der Waals surface area (Å²) in [7, 11) is -0.927. The first-order chi connectivity index (χ1) is 8.01. The predicted molar refractivity (Wildman–Crippen MR) is 66.4 cm³/mol. The summed E-state index contributed by atoms with van der Waals surface area (Å²) in [6.07, 6.45) is 1.07. The molecule has 0 radical (unpaired) electrons. The molecule has 0 bridgehead atoms. The van der Waals surface area contributed by atoms with E-state index in [2.05, 4.69) is 10.6 Å². The fraction of sp³-hybridized carbons (Fsp3) is 0.800. The Labute approximate surface area is 104 Å². The van der Waals surface area contributed by atoms with Crippen molar-refractivity contribution in [2.45, 2.75) is 32.7 Å². The molecule has 0 aromatic rings. The van der Waals surface area contributed by atoms with E-state index in [0.29, 0.717) is 24.3 Å². The van der Waals surface area contributed by atoms with E-state index in [9.17, 15) is 13.8 Å². The third kappa shape index (κ3) is 7.73. The largest absolute Gasteiger partial charge is 0.480 e. The average molecular weight is 264 g/mol. The lowest BCUT2D eigenvalue weighted by Crippen LogP contribution is -2.46. The number of hydrogen-bond donors (Lipinski definition) is 3. The van der Waals surface area contributed by atoms with E-state index in [1.54, 1.807) is 6.92 Å². The first-order valence-corrected chi connectivity index (χ1v) is 7.12. The van der Waals surface area contributed by atoms with Crippen LogP contribution >= 0.6 is 0 Å². The van der Waals surface area contributed by atoms with Gasteiger partial charge in [-0.05, 0) is 6.42 Å². The molecule has 0 spiro atoms. The van der Waals surface area contributed by atoms with Crippen LogP contribution in [0.2, 0.25) is 0 Å². The quantitative estimate of drug-likeness (QED) is 0.588. The molecule has 0 saturated carbocycles. The number of carboxylic acid groups (broad SMARTS) is 1. The van der Waals surface area contributed by atoms with Gasteiger partial charge < -0.3 is 15.7 Å². The third-order valence-electron chi connectivity index (χ3n) is 2.12. The van der Waals surface area contributed by atoms with Crippen LogP contribution in [-0.4, -0.2) is 45.4 Å². The molecular weight excluding hydrogens is 244 g/mol. The summed E-state index contributed by atoms with van der Waals surface area (Å²) in [5.74, 6) is -0.106. The van der Waals surface area contributed by atoms with Crippen molar-refractivity contribution in [3.05, 3.63) is 0 Å². The maximum absolute atomic E-state index is 11.3. The Hall–Kier alpha value is -1.11. The highest BCUT2D eigenvalue weighted by Crippen LogP contribution is 1.96. The number of hydrogen-bond acceptors (Lipinski definition) is 3. The Morgan fingerprint density at radius 3 is 2.47 bits per heavy atom. The summed E-state index contributed by atoms with van der Waals surface area (Å²) in [5, 5.41) is 13.7. The number of amides is 2. The van der Waals surface area contributed by atoms with Crippen molar-refractivity contribution in [1.82, 2.24) is 10.6 Å². The molecule has 0 aromatic heterocycles. The SMILES string of the molecule is CCC[C@@H](NC(=O)NCCS(=O)CC)C(=O)O. The molecule has 0 saturated heterocycles. The first kappa shape index (κ1) is 15.9. The molecule has 1 unspecified atom stereocenters. The smallest absolute Gasteiger partial charge is 0.326 e. The summed E-state index contributed by atoms with van der Waals surface area (Å²) >= 11 is 0. The lowest BCUT2D eigenvalue weighted by Gasteiger charge is -2.14. The molecule has 0 aliphatic rings. The number of carbonyl (C=O) groups excluding carboxylic acids is 1. The van der Waals surface area contributed by atoms with Crippen molar-refractivity contribution in [2.75, 3.05) is 18.1 Å². The molecule has 0 aliphatic carbocycles. The Morgan fingerprint density at radius 1 is 1.35 bits per heavy atom. The van der Waals surface area contributed by atoms with Crippen molar-refractivity contribution in [2.24, 2.45) is 0 Å². The minimum Gasteiger partial charge on any atom is -0.480 e. The normalized spacial score (nSPS) is 13.8. The van der Waals surface area contributed by atoms with Gasteiger partial charge in [-0.2, -0.15) is 0 Å². The molecule has 2 atom stereocenters. The summed E-state index contributed by atoms with van der Waals surface area (Å²) in [6, 6.07) is -1.39. The highest BCUT2D eigenvalue weighted by Gasteiger charge is 2.18. The molecule has 0 aliphatic heterocycles. The van der Waals surface area contributed by atoms with E-state index < -0.39 is 28.8 Å². The number of urea groups is 1. The third-order valence-corrected chi connectivity index (χ3v) is 3.42.